The maximum Gasteiger partial charge on any atom is 0.227 e. The summed E-state index contributed by atoms with van der Waals surface area (Å²) in [4.78, 5) is 17.9. The molecule has 2 aromatic rings. The van der Waals surface area contributed by atoms with Crippen LogP contribution in [0.15, 0.2) is 30.6 Å². The smallest absolute Gasteiger partial charge is 0.227 e. The maximum atomic E-state index is 12.2. The second-order valence-corrected chi connectivity index (χ2v) is 6.31. The number of aromatic nitrogens is 3. The van der Waals surface area contributed by atoms with E-state index >= 15 is 0 Å². The Bertz CT molecular complexity index is 598. The van der Waals surface area contributed by atoms with E-state index in [9.17, 15) is 4.79 Å². The molecule has 0 radical (unpaired) electrons. The van der Waals surface area contributed by atoms with Crippen LogP contribution in [0.4, 0.5) is 0 Å². The minimum absolute atomic E-state index is 0.00830. The van der Waals surface area contributed by atoms with E-state index in [0.29, 0.717) is 13.0 Å². The molecule has 1 amide bonds. The van der Waals surface area contributed by atoms with Crippen LogP contribution in [0, 0.1) is 0 Å². The third-order valence-corrected chi connectivity index (χ3v) is 3.34. The first-order valence-corrected chi connectivity index (χ1v) is 7.04. The van der Waals surface area contributed by atoms with Gasteiger partial charge in [0.25, 0.3) is 0 Å². The normalized spacial score (nSPS) is 11.4. The summed E-state index contributed by atoms with van der Waals surface area (Å²) < 4.78 is 0. The molecule has 2 aromatic heterocycles. The fraction of sp³-hybridized carbons (Fsp3) is 0.438. The minimum Gasteiger partial charge on any atom is -0.340 e. The summed E-state index contributed by atoms with van der Waals surface area (Å²) in [6.07, 6.45) is 3.79. The summed E-state index contributed by atoms with van der Waals surface area (Å²) >= 11 is 0. The molecule has 0 unspecified atom stereocenters. The van der Waals surface area contributed by atoms with Gasteiger partial charge in [-0.3, -0.25) is 14.9 Å². The SMILES string of the molecule is CN(Cc1cc(C(C)(C)C)n[nH]1)C(=O)Cc1ccncc1. The number of aromatic amines is 1. The molecule has 0 aliphatic rings. The zero-order valence-electron chi connectivity index (χ0n) is 13.1. The van der Waals surface area contributed by atoms with Gasteiger partial charge in [0.15, 0.2) is 0 Å². The van der Waals surface area contributed by atoms with Crippen LogP contribution in [0.3, 0.4) is 0 Å². The lowest BCUT2D eigenvalue weighted by atomic mass is 9.92. The summed E-state index contributed by atoms with van der Waals surface area (Å²) in [5, 5.41) is 7.32. The van der Waals surface area contributed by atoms with Crippen LogP contribution in [-0.2, 0) is 23.2 Å². The molecule has 0 saturated heterocycles. The van der Waals surface area contributed by atoms with Crippen LogP contribution >= 0.6 is 0 Å². The van der Waals surface area contributed by atoms with Crippen molar-refractivity contribution in [3.8, 4) is 0 Å². The zero-order chi connectivity index (χ0) is 15.5. The van der Waals surface area contributed by atoms with E-state index in [2.05, 4.69) is 36.0 Å². The third kappa shape index (κ3) is 4.15. The molecule has 0 fully saturated rings. The number of H-pyrrole nitrogens is 1. The van der Waals surface area contributed by atoms with E-state index in [4.69, 9.17) is 0 Å². The standard InChI is InChI=1S/C16H22N4O/c1-16(2,3)14-10-13(18-19-14)11-20(4)15(21)9-12-5-7-17-8-6-12/h5-8,10H,9,11H2,1-4H3,(H,18,19). The van der Waals surface area contributed by atoms with Crippen LogP contribution in [-0.4, -0.2) is 33.0 Å². The fourth-order valence-corrected chi connectivity index (χ4v) is 1.98. The molecule has 0 aliphatic heterocycles. The molecule has 0 aromatic carbocycles. The number of carbonyl (C=O) groups excluding carboxylic acids is 1. The van der Waals surface area contributed by atoms with Gasteiger partial charge in [-0.15, -0.1) is 0 Å². The molecule has 0 aliphatic carbocycles. The van der Waals surface area contributed by atoms with Gasteiger partial charge in [0, 0.05) is 24.9 Å². The Morgan fingerprint density at radius 2 is 1.95 bits per heavy atom. The maximum absolute atomic E-state index is 12.2. The Morgan fingerprint density at radius 3 is 2.52 bits per heavy atom. The van der Waals surface area contributed by atoms with E-state index in [0.717, 1.165) is 17.0 Å². The fourth-order valence-electron chi connectivity index (χ4n) is 1.98. The average molecular weight is 286 g/mol. The predicted octanol–water partition coefficient (Wildman–Crippen LogP) is 2.30. The molecule has 2 heterocycles. The van der Waals surface area contributed by atoms with E-state index in [-0.39, 0.29) is 11.3 Å². The molecule has 0 bridgehead atoms. The molecule has 2 rings (SSSR count). The Morgan fingerprint density at radius 1 is 1.29 bits per heavy atom. The molecule has 5 heteroatoms. The highest BCUT2D eigenvalue weighted by Crippen LogP contribution is 2.20. The van der Waals surface area contributed by atoms with Crippen molar-refractivity contribution < 1.29 is 4.79 Å². The van der Waals surface area contributed by atoms with E-state index in [1.165, 1.54) is 0 Å². The Balaban J connectivity index is 1.96. The number of hydrogen-bond donors (Lipinski definition) is 1. The first-order valence-electron chi connectivity index (χ1n) is 7.04. The van der Waals surface area contributed by atoms with Crippen LogP contribution in [0.1, 0.15) is 37.7 Å². The first kappa shape index (κ1) is 15.2. The van der Waals surface area contributed by atoms with Crippen molar-refractivity contribution in [2.75, 3.05) is 7.05 Å². The van der Waals surface area contributed by atoms with Crippen molar-refractivity contribution in [1.82, 2.24) is 20.1 Å². The summed E-state index contributed by atoms with van der Waals surface area (Å²) in [6, 6.07) is 5.75. The Labute approximate surface area is 125 Å². The lowest BCUT2D eigenvalue weighted by Crippen LogP contribution is -2.27. The van der Waals surface area contributed by atoms with Crippen LogP contribution < -0.4 is 0 Å². The number of nitrogens with zero attached hydrogens (tertiary/aromatic N) is 3. The molecule has 0 spiro atoms. The van der Waals surface area contributed by atoms with E-state index in [1.54, 1.807) is 24.3 Å². The molecule has 5 nitrogen and oxygen atoms in total. The Kier molecular flexibility index (Phi) is 4.40. The number of likely N-dealkylation sites (N-methyl/N-ethyl adjacent to an activating group) is 1. The first-order chi connectivity index (χ1) is 9.86. The van der Waals surface area contributed by atoms with Crippen molar-refractivity contribution in [2.24, 2.45) is 0 Å². The van der Waals surface area contributed by atoms with Gasteiger partial charge < -0.3 is 4.90 Å². The third-order valence-electron chi connectivity index (χ3n) is 3.34. The van der Waals surface area contributed by atoms with Gasteiger partial charge in [-0.25, -0.2) is 0 Å². The van der Waals surface area contributed by atoms with Crippen molar-refractivity contribution in [1.29, 1.82) is 0 Å². The number of hydrogen-bond acceptors (Lipinski definition) is 3. The molecule has 21 heavy (non-hydrogen) atoms. The molecular formula is C16H22N4O. The van der Waals surface area contributed by atoms with Crippen molar-refractivity contribution in [3.63, 3.8) is 0 Å². The van der Waals surface area contributed by atoms with Gasteiger partial charge in [-0.2, -0.15) is 5.10 Å². The number of amides is 1. The van der Waals surface area contributed by atoms with Gasteiger partial charge in [0.2, 0.25) is 5.91 Å². The van der Waals surface area contributed by atoms with Crippen LogP contribution in [0.5, 0.6) is 0 Å². The summed E-state index contributed by atoms with van der Waals surface area (Å²) in [6.45, 7) is 6.88. The number of rotatable bonds is 4. The summed E-state index contributed by atoms with van der Waals surface area (Å²) in [5.41, 5.74) is 2.94. The van der Waals surface area contributed by atoms with Crippen LogP contribution in [0.25, 0.3) is 0 Å². The van der Waals surface area contributed by atoms with Gasteiger partial charge >= 0.3 is 0 Å². The molecular weight excluding hydrogens is 264 g/mol. The highest BCUT2D eigenvalue weighted by molar-refractivity contribution is 5.78. The van der Waals surface area contributed by atoms with Crippen molar-refractivity contribution in [3.05, 3.63) is 47.5 Å². The van der Waals surface area contributed by atoms with Crippen molar-refractivity contribution >= 4 is 5.91 Å². The largest absolute Gasteiger partial charge is 0.340 e. The lowest BCUT2D eigenvalue weighted by molar-refractivity contribution is -0.129. The topological polar surface area (TPSA) is 61.9 Å². The second kappa shape index (κ2) is 6.08. The van der Waals surface area contributed by atoms with Gasteiger partial charge in [0.05, 0.1) is 24.4 Å². The summed E-state index contributed by atoms with van der Waals surface area (Å²) in [7, 11) is 1.81. The van der Waals surface area contributed by atoms with Crippen LogP contribution in [0.2, 0.25) is 0 Å². The molecule has 112 valence electrons. The van der Waals surface area contributed by atoms with Gasteiger partial charge in [-0.05, 0) is 23.8 Å². The lowest BCUT2D eigenvalue weighted by Gasteiger charge is -2.16. The number of pyridine rings is 1. The van der Waals surface area contributed by atoms with Gasteiger partial charge in [-0.1, -0.05) is 20.8 Å². The van der Waals surface area contributed by atoms with E-state index in [1.807, 2.05) is 18.2 Å². The van der Waals surface area contributed by atoms with Gasteiger partial charge in [0.1, 0.15) is 0 Å². The predicted molar refractivity (Wildman–Crippen MR) is 81.7 cm³/mol. The highest BCUT2D eigenvalue weighted by atomic mass is 16.2. The molecule has 1 N–H and O–H groups in total. The molecule has 0 atom stereocenters. The second-order valence-electron chi connectivity index (χ2n) is 6.31. The monoisotopic (exact) mass is 286 g/mol. The highest BCUT2D eigenvalue weighted by Gasteiger charge is 2.18. The number of nitrogens with one attached hydrogen (secondary N) is 1. The number of carbonyl (C=O) groups is 1. The quantitative estimate of drug-likeness (QED) is 0.938. The van der Waals surface area contributed by atoms with E-state index < -0.39 is 0 Å². The summed E-state index contributed by atoms with van der Waals surface area (Å²) in [5.74, 6) is 0.0770. The minimum atomic E-state index is 0.00830. The van der Waals surface area contributed by atoms with Crippen molar-refractivity contribution in [2.45, 2.75) is 39.2 Å². The zero-order valence-corrected chi connectivity index (χ0v) is 13.1. The Hall–Kier alpha value is -2.17. The average Bonchev–Trinajstić information content (AvgIpc) is 2.88. The molecule has 0 saturated carbocycles.